The Kier molecular flexibility index (Phi) is 43.4. The normalized spacial score (nSPS) is 13.6. The molecule has 4 heteroatoms. The highest BCUT2D eigenvalue weighted by Gasteiger charge is 2.17. The van der Waals surface area contributed by atoms with E-state index in [4.69, 9.17) is 0 Å². The van der Waals surface area contributed by atoms with Gasteiger partial charge in [-0.3, -0.25) is 4.79 Å². The number of rotatable bonds is 41. The van der Waals surface area contributed by atoms with Gasteiger partial charge in [0.2, 0.25) is 5.91 Å². The van der Waals surface area contributed by atoms with E-state index in [-0.39, 0.29) is 12.5 Å². The number of nitrogens with one attached hydrogen (secondary N) is 1. The minimum Gasteiger partial charge on any atom is -0.394 e. The molecule has 2 atom stereocenters. The van der Waals surface area contributed by atoms with Crippen molar-refractivity contribution < 1.29 is 15.0 Å². The Labute approximate surface area is 336 Å². The quantitative estimate of drug-likeness (QED) is 0.0430. The SMILES string of the molecule is CC/C=C\C/C=C\C/C=C\C/C=C\CCCCCCCCCCC(=O)NC(CO)C(O)/C=C/CC/C=C/CCCCCCCCCCCCCCCCC. The van der Waals surface area contributed by atoms with Crippen LogP contribution in [0.15, 0.2) is 72.9 Å². The maximum absolute atomic E-state index is 12.4. The summed E-state index contributed by atoms with van der Waals surface area (Å²) < 4.78 is 0. The van der Waals surface area contributed by atoms with E-state index in [1.165, 1.54) is 135 Å². The van der Waals surface area contributed by atoms with E-state index < -0.39 is 12.1 Å². The Hall–Kier alpha value is -2.17. The summed E-state index contributed by atoms with van der Waals surface area (Å²) in [6.45, 7) is 4.18. The second-order valence-electron chi connectivity index (χ2n) is 15.4. The molecular formula is C50H89NO3. The zero-order chi connectivity index (χ0) is 39.3. The summed E-state index contributed by atoms with van der Waals surface area (Å²) in [7, 11) is 0. The monoisotopic (exact) mass is 752 g/mol. The van der Waals surface area contributed by atoms with E-state index >= 15 is 0 Å². The Morgan fingerprint density at radius 2 is 0.833 bits per heavy atom. The van der Waals surface area contributed by atoms with Crippen molar-refractivity contribution >= 4 is 5.91 Å². The lowest BCUT2D eigenvalue weighted by molar-refractivity contribution is -0.123. The third kappa shape index (κ3) is 41.0. The van der Waals surface area contributed by atoms with Gasteiger partial charge in [-0.05, 0) is 70.6 Å². The molecule has 0 fully saturated rings. The van der Waals surface area contributed by atoms with Gasteiger partial charge >= 0.3 is 0 Å². The molecule has 0 saturated carbocycles. The van der Waals surface area contributed by atoms with Gasteiger partial charge in [0.1, 0.15) is 0 Å². The highest BCUT2D eigenvalue weighted by Crippen LogP contribution is 2.15. The van der Waals surface area contributed by atoms with Crippen LogP contribution < -0.4 is 5.32 Å². The first-order valence-corrected chi connectivity index (χ1v) is 23.2. The molecule has 3 N–H and O–H groups in total. The summed E-state index contributed by atoms with van der Waals surface area (Å²) in [5.41, 5.74) is 0. The van der Waals surface area contributed by atoms with Gasteiger partial charge < -0.3 is 15.5 Å². The molecule has 0 aromatic carbocycles. The van der Waals surface area contributed by atoms with Crippen LogP contribution in [-0.2, 0) is 4.79 Å². The van der Waals surface area contributed by atoms with Gasteiger partial charge in [0.25, 0.3) is 0 Å². The summed E-state index contributed by atoms with van der Waals surface area (Å²) in [6.07, 6.45) is 64.4. The van der Waals surface area contributed by atoms with Crippen LogP contribution in [0.1, 0.15) is 219 Å². The van der Waals surface area contributed by atoms with Crippen LogP contribution in [0.2, 0.25) is 0 Å². The minimum absolute atomic E-state index is 0.0842. The van der Waals surface area contributed by atoms with Crippen molar-refractivity contribution in [1.29, 1.82) is 0 Å². The molecule has 0 radical (unpaired) electrons. The van der Waals surface area contributed by atoms with E-state index in [1.807, 2.05) is 6.08 Å². The predicted octanol–water partition coefficient (Wildman–Crippen LogP) is 14.7. The average molecular weight is 752 g/mol. The minimum atomic E-state index is -0.869. The van der Waals surface area contributed by atoms with E-state index in [1.54, 1.807) is 6.08 Å². The molecule has 0 rings (SSSR count). The molecule has 0 aromatic heterocycles. The summed E-state index contributed by atoms with van der Waals surface area (Å²) in [6, 6.07) is -0.647. The summed E-state index contributed by atoms with van der Waals surface area (Å²) in [4.78, 5) is 12.4. The summed E-state index contributed by atoms with van der Waals surface area (Å²) >= 11 is 0. The fourth-order valence-electron chi connectivity index (χ4n) is 6.66. The molecule has 0 bridgehead atoms. The molecule has 4 nitrogen and oxygen atoms in total. The molecule has 1 amide bonds. The number of hydrogen-bond acceptors (Lipinski definition) is 3. The molecule has 312 valence electrons. The highest BCUT2D eigenvalue weighted by molar-refractivity contribution is 5.76. The number of carbonyl (C=O) groups is 1. The molecule has 0 aromatic rings. The van der Waals surface area contributed by atoms with Crippen LogP contribution in [0.3, 0.4) is 0 Å². The lowest BCUT2D eigenvalue weighted by Crippen LogP contribution is -2.45. The van der Waals surface area contributed by atoms with E-state index in [2.05, 4.69) is 79.9 Å². The van der Waals surface area contributed by atoms with Crippen LogP contribution in [0.25, 0.3) is 0 Å². The molecule has 0 aliphatic rings. The van der Waals surface area contributed by atoms with Gasteiger partial charge in [-0.25, -0.2) is 0 Å². The Morgan fingerprint density at radius 1 is 0.463 bits per heavy atom. The van der Waals surface area contributed by atoms with Crippen molar-refractivity contribution in [2.45, 2.75) is 231 Å². The zero-order valence-corrected chi connectivity index (χ0v) is 35.7. The maximum Gasteiger partial charge on any atom is 0.220 e. The van der Waals surface area contributed by atoms with Crippen LogP contribution in [-0.4, -0.2) is 34.9 Å². The number of allylic oxidation sites excluding steroid dienone is 11. The van der Waals surface area contributed by atoms with Gasteiger partial charge in [-0.1, -0.05) is 215 Å². The average Bonchev–Trinajstić information content (AvgIpc) is 3.18. The number of hydrogen-bond donors (Lipinski definition) is 3. The number of aliphatic hydroxyl groups is 2. The number of carbonyl (C=O) groups excluding carboxylic acids is 1. The van der Waals surface area contributed by atoms with Crippen molar-refractivity contribution in [3.63, 3.8) is 0 Å². The number of amides is 1. The van der Waals surface area contributed by atoms with Gasteiger partial charge in [0, 0.05) is 6.42 Å². The molecule has 54 heavy (non-hydrogen) atoms. The molecular weight excluding hydrogens is 663 g/mol. The second-order valence-corrected chi connectivity index (χ2v) is 15.4. The molecule has 0 spiro atoms. The van der Waals surface area contributed by atoms with Gasteiger partial charge in [-0.2, -0.15) is 0 Å². The predicted molar refractivity (Wildman–Crippen MR) is 239 cm³/mol. The summed E-state index contributed by atoms with van der Waals surface area (Å²) in [5, 5.41) is 23.0. The first kappa shape index (κ1) is 51.8. The first-order chi connectivity index (χ1) is 26.7. The Balaban J connectivity index is 3.63. The van der Waals surface area contributed by atoms with Crippen molar-refractivity contribution in [3.05, 3.63) is 72.9 Å². The van der Waals surface area contributed by atoms with Crippen LogP contribution in [0.5, 0.6) is 0 Å². The largest absolute Gasteiger partial charge is 0.394 e. The fraction of sp³-hybridized carbons (Fsp3) is 0.740. The topological polar surface area (TPSA) is 69.6 Å². The molecule has 0 heterocycles. The van der Waals surface area contributed by atoms with E-state index in [9.17, 15) is 15.0 Å². The molecule has 0 aliphatic heterocycles. The lowest BCUT2D eigenvalue weighted by Gasteiger charge is -2.19. The van der Waals surface area contributed by atoms with Crippen molar-refractivity contribution in [1.82, 2.24) is 5.32 Å². The highest BCUT2D eigenvalue weighted by atomic mass is 16.3. The van der Waals surface area contributed by atoms with Crippen LogP contribution in [0, 0.1) is 0 Å². The number of aliphatic hydroxyl groups excluding tert-OH is 2. The smallest absolute Gasteiger partial charge is 0.220 e. The van der Waals surface area contributed by atoms with Crippen molar-refractivity contribution in [2.24, 2.45) is 0 Å². The van der Waals surface area contributed by atoms with Gasteiger partial charge in [0.15, 0.2) is 0 Å². The first-order valence-electron chi connectivity index (χ1n) is 23.2. The second kappa shape index (κ2) is 45.2. The van der Waals surface area contributed by atoms with Crippen molar-refractivity contribution in [3.8, 4) is 0 Å². The van der Waals surface area contributed by atoms with Crippen LogP contribution >= 0.6 is 0 Å². The van der Waals surface area contributed by atoms with Gasteiger partial charge in [0.05, 0.1) is 18.8 Å². The number of unbranched alkanes of at least 4 members (excludes halogenated alkanes) is 24. The third-order valence-corrected chi connectivity index (χ3v) is 10.2. The Bertz CT molecular complexity index is 946. The third-order valence-electron chi connectivity index (χ3n) is 10.2. The molecule has 2 unspecified atom stereocenters. The Morgan fingerprint density at radius 3 is 1.30 bits per heavy atom. The molecule has 0 saturated heterocycles. The standard InChI is InChI=1S/C50H89NO3/c1-3-5-7-9-11-13-15-17-19-21-23-25-27-29-31-33-35-37-39-41-43-45-49(53)48(47-52)51-50(54)46-44-42-40-38-36-34-32-30-28-26-24-22-20-18-16-14-12-10-8-6-4-2/h6,8,12,14,18,20,24,26,35,37,43,45,48-49,52-53H,3-5,7,9-11,13,15-17,19,21-23,25,27-34,36,38-42,44,46-47H2,1-2H3,(H,51,54)/b8-6-,14-12-,20-18-,26-24-,37-35+,45-43+. The van der Waals surface area contributed by atoms with E-state index in [0.29, 0.717) is 6.42 Å². The lowest BCUT2D eigenvalue weighted by atomic mass is 10.0. The fourth-order valence-corrected chi connectivity index (χ4v) is 6.66. The van der Waals surface area contributed by atoms with Gasteiger partial charge in [-0.15, -0.1) is 0 Å². The molecule has 0 aliphatic carbocycles. The maximum atomic E-state index is 12.4. The van der Waals surface area contributed by atoms with E-state index in [0.717, 1.165) is 64.2 Å². The summed E-state index contributed by atoms with van der Waals surface area (Å²) in [5.74, 6) is -0.0842. The van der Waals surface area contributed by atoms with Crippen LogP contribution in [0.4, 0.5) is 0 Å². The zero-order valence-electron chi connectivity index (χ0n) is 35.7. The van der Waals surface area contributed by atoms with Crippen molar-refractivity contribution in [2.75, 3.05) is 6.61 Å².